The lowest BCUT2D eigenvalue weighted by Gasteiger charge is -2.07. The van der Waals surface area contributed by atoms with Gasteiger partial charge in [0.15, 0.2) is 0 Å². The molecule has 0 aromatic rings. The summed E-state index contributed by atoms with van der Waals surface area (Å²) in [7, 11) is 1.86. The average molecular weight is 89.1 g/mol. The molecule has 0 aliphatic carbocycles. The largest absolute Gasteiger partial charge is 0.318 e. The van der Waals surface area contributed by atoms with E-state index in [1.807, 2.05) is 7.05 Å². The Hall–Kier alpha value is -0.120. The van der Waals surface area contributed by atoms with Crippen molar-refractivity contribution in [2.24, 2.45) is 11.5 Å². The Morgan fingerprint density at radius 2 is 1.67 bits per heavy atom. The fraction of sp³-hybridized carbons (Fsp3) is 1.00. The number of hydrogen-bond acceptors (Lipinski definition) is 3. The Morgan fingerprint density at radius 3 is 1.67 bits per heavy atom. The summed E-state index contributed by atoms with van der Waals surface area (Å²) in [4.78, 5) is 1.81. The van der Waals surface area contributed by atoms with Crippen molar-refractivity contribution in [1.29, 1.82) is 0 Å². The maximum Gasteiger partial charge on any atom is 0.0464 e. The molecule has 0 aromatic heterocycles. The molecule has 0 unspecified atom stereocenters. The second-order valence-corrected chi connectivity index (χ2v) is 1.22. The molecule has 0 saturated carbocycles. The summed E-state index contributed by atoms with van der Waals surface area (Å²) in [6.07, 6.45) is 0. The molecule has 0 aliphatic heterocycles. The van der Waals surface area contributed by atoms with Gasteiger partial charge in [-0.2, -0.15) is 0 Å². The second kappa shape index (κ2) is 3.08. The van der Waals surface area contributed by atoms with Crippen molar-refractivity contribution < 1.29 is 0 Å². The Balaban J connectivity index is 2.75. The van der Waals surface area contributed by atoms with Crippen LogP contribution in [0.25, 0.3) is 0 Å². The lowest BCUT2D eigenvalue weighted by molar-refractivity contribution is 0.356. The minimum Gasteiger partial charge on any atom is -0.318 e. The molecule has 0 rings (SSSR count). The highest BCUT2D eigenvalue weighted by Crippen LogP contribution is 1.62. The first-order valence-electron chi connectivity index (χ1n) is 1.90. The van der Waals surface area contributed by atoms with Gasteiger partial charge in [0.1, 0.15) is 0 Å². The van der Waals surface area contributed by atoms with Gasteiger partial charge < -0.3 is 11.5 Å². The zero-order valence-electron chi connectivity index (χ0n) is 4.02. The maximum atomic E-state index is 5.13. The SMILES string of the molecule is CN(CN)CN. The van der Waals surface area contributed by atoms with Gasteiger partial charge in [-0.3, -0.25) is 4.90 Å². The van der Waals surface area contributed by atoms with Gasteiger partial charge in [0.25, 0.3) is 0 Å². The normalized spacial score (nSPS) is 10.0. The highest BCUT2D eigenvalue weighted by atomic mass is 15.2. The molecule has 0 radical (unpaired) electrons. The van der Waals surface area contributed by atoms with Crippen molar-refractivity contribution in [2.75, 3.05) is 20.4 Å². The van der Waals surface area contributed by atoms with E-state index in [0.29, 0.717) is 13.3 Å². The van der Waals surface area contributed by atoms with Crippen LogP contribution in [0.4, 0.5) is 0 Å². The number of hydrogen-bond donors (Lipinski definition) is 2. The highest BCUT2D eigenvalue weighted by molar-refractivity contribution is 4.32. The minimum absolute atomic E-state index is 0.538. The molecule has 0 spiro atoms. The van der Waals surface area contributed by atoms with E-state index in [0.717, 1.165) is 0 Å². The molecule has 0 bridgehead atoms. The number of nitrogens with two attached hydrogens (primary N) is 2. The van der Waals surface area contributed by atoms with Gasteiger partial charge in [-0.25, -0.2) is 0 Å². The summed E-state index contributed by atoms with van der Waals surface area (Å²) in [5.74, 6) is 0. The fourth-order valence-electron chi connectivity index (χ4n) is 0.0745. The third kappa shape index (κ3) is 2.14. The molecule has 0 fully saturated rings. The zero-order chi connectivity index (χ0) is 4.99. The van der Waals surface area contributed by atoms with Crippen LogP contribution >= 0.6 is 0 Å². The van der Waals surface area contributed by atoms with Crippen molar-refractivity contribution in [3.8, 4) is 0 Å². The molecule has 6 heavy (non-hydrogen) atoms. The third-order valence-corrected chi connectivity index (χ3v) is 0.623. The van der Waals surface area contributed by atoms with Gasteiger partial charge >= 0.3 is 0 Å². The molecule has 0 aromatic carbocycles. The van der Waals surface area contributed by atoms with E-state index in [1.165, 1.54) is 0 Å². The van der Waals surface area contributed by atoms with Crippen LogP contribution in [0, 0.1) is 0 Å². The Kier molecular flexibility index (Phi) is 3.02. The van der Waals surface area contributed by atoms with Gasteiger partial charge in [0, 0.05) is 13.3 Å². The first kappa shape index (κ1) is 5.88. The van der Waals surface area contributed by atoms with Crippen molar-refractivity contribution in [3.63, 3.8) is 0 Å². The second-order valence-electron chi connectivity index (χ2n) is 1.22. The maximum absolute atomic E-state index is 5.13. The lowest BCUT2D eigenvalue weighted by Crippen LogP contribution is -2.30. The van der Waals surface area contributed by atoms with Gasteiger partial charge in [-0.05, 0) is 7.05 Å². The molecule has 4 N–H and O–H groups in total. The molecule has 0 amide bonds. The zero-order valence-corrected chi connectivity index (χ0v) is 4.02. The van der Waals surface area contributed by atoms with Crippen LogP contribution in [0.5, 0.6) is 0 Å². The molecule has 0 atom stereocenters. The highest BCUT2D eigenvalue weighted by Gasteiger charge is 1.81. The van der Waals surface area contributed by atoms with Crippen molar-refractivity contribution >= 4 is 0 Å². The monoisotopic (exact) mass is 89.1 g/mol. The average Bonchev–Trinajstić information content (AvgIpc) is 1.65. The van der Waals surface area contributed by atoms with Gasteiger partial charge in [0.2, 0.25) is 0 Å². The summed E-state index contributed by atoms with van der Waals surface area (Å²) in [5.41, 5.74) is 10.3. The van der Waals surface area contributed by atoms with E-state index < -0.39 is 0 Å². The van der Waals surface area contributed by atoms with E-state index in [2.05, 4.69) is 0 Å². The summed E-state index contributed by atoms with van der Waals surface area (Å²) in [6, 6.07) is 0. The minimum atomic E-state index is 0.538. The fourth-order valence-corrected chi connectivity index (χ4v) is 0.0745. The molecular weight excluding hydrogens is 78.1 g/mol. The van der Waals surface area contributed by atoms with Crippen LogP contribution < -0.4 is 11.5 Å². The number of rotatable bonds is 2. The van der Waals surface area contributed by atoms with Crippen LogP contribution in [-0.4, -0.2) is 25.3 Å². The Bertz CT molecular complexity index is 25.2. The van der Waals surface area contributed by atoms with Crippen LogP contribution in [0.1, 0.15) is 0 Å². The molecule has 0 aliphatic rings. The van der Waals surface area contributed by atoms with Crippen LogP contribution in [-0.2, 0) is 0 Å². The number of nitrogens with zero attached hydrogens (tertiary/aromatic N) is 1. The molecule has 0 heterocycles. The summed E-state index contributed by atoms with van der Waals surface area (Å²) in [6.45, 7) is 1.08. The first-order valence-corrected chi connectivity index (χ1v) is 1.90. The van der Waals surface area contributed by atoms with E-state index in [1.54, 1.807) is 4.90 Å². The van der Waals surface area contributed by atoms with E-state index >= 15 is 0 Å². The van der Waals surface area contributed by atoms with Crippen molar-refractivity contribution in [1.82, 2.24) is 4.90 Å². The van der Waals surface area contributed by atoms with E-state index in [9.17, 15) is 0 Å². The van der Waals surface area contributed by atoms with Crippen molar-refractivity contribution in [2.45, 2.75) is 0 Å². The summed E-state index contributed by atoms with van der Waals surface area (Å²) in [5, 5.41) is 0. The smallest absolute Gasteiger partial charge is 0.0464 e. The summed E-state index contributed by atoms with van der Waals surface area (Å²) >= 11 is 0. The van der Waals surface area contributed by atoms with E-state index in [-0.39, 0.29) is 0 Å². The van der Waals surface area contributed by atoms with Gasteiger partial charge in [0.05, 0.1) is 0 Å². The predicted molar refractivity (Wildman–Crippen MR) is 25.9 cm³/mol. The third-order valence-electron chi connectivity index (χ3n) is 0.623. The quantitative estimate of drug-likeness (QED) is 0.416. The Labute approximate surface area is 37.9 Å². The standard InChI is InChI=1S/C3H11N3/c1-6(2-4)3-5/h2-5H2,1H3. The first-order chi connectivity index (χ1) is 2.81. The van der Waals surface area contributed by atoms with Crippen LogP contribution in [0.15, 0.2) is 0 Å². The predicted octanol–water partition coefficient (Wildman–Crippen LogP) is -1.25. The molecule has 3 nitrogen and oxygen atoms in total. The molecule has 3 heteroatoms. The molecule has 0 saturated heterocycles. The van der Waals surface area contributed by atoms with Crippen LogP contribution in [0.2, 0.25) is 0 Å². The summed E-state index contributed by atoms with van der Waals surface area (Å²) < 4.78 is 0. The molecule has 38 valence electrons. The van der Waals surface area contributed by atoms with E-state index in [4.69, 9.17) is 11.5 Å². The van der Waals surface area contributed by atoms with Gasteiger partial charge in [-0.15, -0.1) is 0 Å². The molecular formula is C3H11N3. The lowest BCUT2D eigenvalue weighted by atomic mass is 10.8. The topological polar surface area (TPSA) is 55.3 Å². The van der Waals surface area contributed by atoms with Crippen LogP contribution in [0.3, 0.4) is 0 Å². The van der Waals surface area contributed by atoms with Crippen molar-refractivity contribution in [3.05, 3.63) is 0 Å². The Morgan fingerprint density at radius 1 is 1.33 bits per heavy atom. The van der Waals surface area contributed by atoms with Gasteiger partial charge in [-0.1, -0.05) is 0 Å².